The Morgan fingerprint density at radius 2 is 1.96 bits per heavy atom. The van der Waals surface area contributed by atoms with Gasteiger partial charge < -0.3 is 5.32 Å². The zero-order valence-corrected chi connectivity index (χ0v) is 13.9. The van der Waals surface area contributed by atoms with Gasteiger partial charge in [0, 0.05) is 6.04 Å². The summed E-state index contributed by atoms with van der Waals surface area (Å²) in [5, 5.41) is 15.2. The number of rotatable bonds is 4. The zero-order valence-electron chi connectivity index (χ0n) is 13.9. The van der Waals surface area contributed by atoms with Crippen LogP contribution in [0.15, 0.2) is 35.3 Å². The first kappa shape index (κ1) is 16.4. The van der Waals surface area contributed by atoms with Crippen LogP contribution >= 0.6 is 0 Å². The van der Waals surface area contributed by atoms with Crippen LogP contribution in [0.5, 0.6) is 0 Å². The number of amides is 1. The van der Waals surface area contributed by atoms with Crippen molar-refractivity contribution in [3.8, 4) is 5.69 Å². The monoisotopic (exact) mass is 356 g/mol. The van der Waals surface area contributed by atoms with E-state index >= 15 is 0 Å². The van der Waals surface area contributed by atoms with Gasteiger partial charge in [0.15, 0.2) is 5.65 Å². The van der Waals surface area contributed by atoms with Gasteiger partial charge in [0.2, 0.25) is 5.91 Å². The number of benzene rings is 1. The second-order valence-electron chi connectivity index (χ2n) is 6.37. The summed E-state index contributed by atoms with van der Waals surface area (Å²) in [6, 6.07) is 5.83. The van der Waals surface area contributed by atoms with E-state index in [9.17, 15) is 14.0 Å². The van der Waals surface area contributed by atoms with Crippen LogP contribution in [0.2, 0.25) is 0 Å². The molecule has 2 heterocycles. The van der Waals surface area contributed by atoms with Crippen LogP contribution < -0.4 is 10.9 Å². The minimum Gasteiger partial charge on any atom is -0.352 e. The molecule has 26 heavy (non-hydrogen) atoms. The molecule has 2 aromatic heterocycles. The molecule has 0 bridgehead atoms. The first-order valence-electron chi connectivity index (χ1n) is 8.48. The summed E-state index contributed by atoms with van der Waals surface area (Å²) < 4.78 is 15.5. The number of hydrogen-bond acceptors (Lipinski definition) is 5. The number of halogens is 1. The number of aromatic nitrogens is 5. The molecule has 0 saturated heterocycles. The maximum Gasteiger partial charge on any atom is 0.281 e. The summed E-state index contributed by atoms with van der Waals surface area (Å²) in [4.78, 5) is 24.7. The van der Waals surface area contributed by atoms with E-state index in [1.807, 2.05) is 0 Å². The Bertz CT molecular complexity index is 1000. The van der Waals surface area contributed by atoms with Crippen LogP contribution in [0.4, 0.5) is 4.39 Å². The Kier molecular flexibility index (Phi) is 4.19. The highest BCUT2D eigenvalue weighted by Gasteiger charge is 2.19. The summed E-state index contributed by atoms with van der Waals surface area (Å²) >= 11 is 0. The van der Waals surface area contributed by atoms with E-state index in [0.29, 0.717) is 5.69 Å². The van der Waals surface area contributed by atoms with Gasteiger partial charge in [0.25, 0.3) is 5.56 Å². The lowest BCUT2D eigenvalue weighted by atomic mass is 10.2. The van der Waals surface area contributed by atoms with Crippen LogP contribution in [-0.4, -0.2) is 36.7 Å². The molecule has 1 aliphatic rings. The van der Waals surface area contributed by atoms with Gasteiger partial charge in [-0.25, -0.2) is 13.8 Å². The van der Waals surface area contributed by atoms with Crippen LogP contribution in [0.25, 0.3) is 16.7 Å². The Morgan fingerprint density at radius 1 is 1.23 bits per heavy atom. The lowest BCUT2D eigenvalue weighted by Gasteiger charge is -2.11. The van der Waals surface area contributed by atoms with Crippen LogP contribution in [0.3, 0.4) is 0 Å². The summed E-state index contributed by atoms with van der Waals surface area (Å²) in [7, 11) is 0. The van der Waals surface area contributed by atoms with Gasteiger partial charge >= 0.3 is 0 Å². The molecule has 134 valence electrons. The molecule has 0 atom stereocenters. The van der Waals surface area contributed by atoms with Crippen LogP contribution in [-0.2, 0) is 11.3 Å². The molecular formula is C17H17FN6O2. The SMILES string of the molecule is O=C(Cn1nnc2c(cnn2-c2ccc(F)cc2)c1=O)NC1CCCC1. The third-order valence-electron chi connectivity index (χ3n) is 4.54. The van der Waals surface area contributed by atoms with Crippen LogP contribution in [0, 0.1) is 5.82 Å². The number of carbonyl (C=O) groups is 1. The van der Waals surface area contributed by atoms with E-state index in [0.717, 1.165) is 30.4 Å². The van der Waals surface area contributed by atoms with E-state index in [1.54, 1.807) is 0 Å². The molecule has 8 nitrogen and oxygen atoms in total. The fraction of sp³-hybridized carbons (Fsp3) is 0.353. The Hall–Kier alpha value is -3.10. The van der Waals surface area contributed by atoms with Crippen molar-refractivity contribution in [2.45, 2.75) is 38.3 Å². The number of fused-ring (bicyclic) bond motifs is 1. The molecule has 3 aromatic rings. The predicted molar refractivity (Wildman–Crippen MR) is 91.3 cm³/mol. The predicted octanol–water partition coefficient (Wildman–Crippen LogP) is 1.18. The van der Waals surface area contributed by atoms with Gasteiger partial charge in [-0.1, -0.05) is 18.1 Å². The van der Waals surface area contributed by atoms with E-state index in [1.165, 1.54) is 35.1 Å². The van der Waals surface area contributed by atoms with Crippen molar-refractivity contribution in [1.29, 1.82) is 0 Å². The second-order valence-corrected chi connectivity index (χ2v) is 6.37. The van der Waals surface area contributed by atoms with E-state index in [-0.39, 0.29) is 35.3 Å². The third-order valence-corrected chi connectivity index (χ3v) is 4.54. The molecule has 0 spiro atoms. The number of hydrogen-bond donors (Lipinski definition) is 1. The molecule has 9 heteroatoms. The number of carbonyl (C=O) groups excluding carboxylic acids is 1. The smallest absolute Gasteiger partial charge is 0.281 e. The average Bonchev–Trinajstić information content (AvgIpc) is 3.28. The quantitative estimate of drug-likeness (QED) is 0.757. The largest absolute Gasteiger partial charge is 0.352 e. The highest BCUT2D eigenvalue weighted by Crippen LogP contribution is 2.17. The maximum absolute atomic E-state index is 13.1. The molecule has 1 aliphatic carbocycles. The fourth-order valence-corrected chi connectivity index (χ4v) is 3.22. The Labute approximate surface area is 147 Å². The lowest BCUT2D eigenvalue weighted by molar-refractivity contribution is -0.122. The molecule has 0 unspecified atom stereocenters. The average molecular weight is 356 g/mol. The maximum atomic E-state index is 13.1. The normalized spacial score (nSPS) is 14.8. The molecule has 4 rings (SSSR count). The van der Waals surface area contributed by atoms with Crippen molar-refractivity contribution in [2.24, 2.45) is 0 Å². The molecule has 1 saturated carbocycles. The molecule has 1 amide bonds. The van der Waals surface area contributed by atoms with E-state index < -0.39 is 5.56 Å². The topological polar surface area (TPSA) is 94.7 Å². The third kappa shape index (κ3) is 3.07. The highest BCUT2D eigenvalue weighted by molar-refractivity contribution is 5.77. The first-order valence-corrected chi connectivity index (χ1v) is 8.48. The Morgan fingerprint density at radius 3 is 2.69 bits per heavy atom. The van der Waals surface area contributed by atoms with Crippen molar-refractivity contribution >= 4 is 16.9 Å². The van der Waals surface area contributed by atoms with Gasteiger partial charge in [-0.2, -0.15) is 5.10 Å². The second kappa shape index (κ2) is 6.66. The fourth-order valence-electron chi connectivity index (χ4n) is 3.22. The lowest BCUT2D eigenvalue weighted by Crippen LogP contribution is -2.38. The number of nitrogens with zero attached hydrogens (tertiary/aromatic N) is 5. The highest BCUT2D eigenvalue weighted by atomic mass is 19.1. The molecule has 0 radical (unpaired) electrons. The van der Waals surface area contributed by atoms with E-state index in [4.69, 9.17) is 0 Å². The zero-order chi connectivity index (χ0) is 18.1. The van der Waals surface area contributed by atoms with Gasteiger partial charge in [-0.3, -0.25) is 9.59 Å². The molecule has 1 N–H and O–H groups in total. The first-order chi connectivity index (χ1) is 12.6. The molecule has 0 aliphatic heterocycles. The van der Waals surface area contributed by atoms with Crippen molar-refractivity contribution in [1.82, 2.24) is 30.1 Å². The minimum atomic E-state index is -0.440. The summed E-state index contributed by atoms with van der Waals surface area (Å²) in [5.74, 6) is -0.620. The summed E-state index contributed by atoms with van der Waals surface area (Å²) in [6.07, 6.45) is 5.53. The van der Waals surface area contributed by atoms with E-state index in [2.05, 4.69) is 20.7 Å². The van der Waals surface area contributed by atoms with Crippen molar-refractivity contribution in [3.63, 3.8) is 0 Å². The van der Waals surface area contributed by atoms with Crippen molar-refractivity contribution in [3.05, 3.63) is 46.6 Å². The molecular weight excluding hydrogens is 339 g/mol. The number of nitrogens with one attached hydrogen (secondary N) is 1. The molecule has 1 fully saturated rings. The standard InChI is InChI=1S/C17H17FN6O2/c18-11-5-7-13(8-6-11)24-16-14(9-19-24)17(26)23(22-21-16)10-15(25)20-12-3-1-2-4-12/h5-9,12H,1-4,10H2,(H,20,25). The van der Waals surface area contributed by atoms with Gasteiger partial charge in [0.1, 0.15) is 17.7 Å². The molecule has 1 aromatic carbocycles. The van der Waals surface area contributed by atoms with Crippen LogP contribution in [0.1, 0.15) is 25.7 Å². The van der Waals surface area contributed by atoms with Gasteiger partial charge in [0.05, 0.1) is 11.9 Å². The summed E-state index contributed by atoms with van der Waals surface area (Å²) in [5.41, 5.74) is 0.380. The Balaban J connectivity index is 1.60. The summed E-state index contributed by atoms with van der Waals surface area (Å²) in [6.45, 7) is -0.181. The van der Waals surface area contributed by atoms with Crippen molar-refractivity contribution < 1.29 is 9.18 Å². The van der Waals surface area contributed by atoms with Crippen molar-refractivity contribution in [2.75, 3.05) is 0 Å². The van der Waals surface area contributed by atoms with Gasteiger partial charge in [-0.05, 0) is 37.1 Å². The minimum absolute atomic E-state index is 0.177. The van der Waals surface area contributed by atoms with Gasteiger partial charge in [-0.15, -0.1) is 5.10 Å².